The smallest absolute Gasteiger partial charge is 0.234 e. The number of hydrogen-bond donors (Lipinski definition) is 0. The van der Waals surface area contributed by atoms with Gasteiger partial charge in [0, 0.05) is 17.1 Å². The molecule has 3 rings (SSSR count). The number of benzene rings is 2. The van der Waals surface area contributed by atoms with Crippen LogP contribution in [0.4, 0.5) is 0 Å². The molecule has 1 unspecified atom stereocenters. The van der Waals surface area contributed by atoms with Gasteiger partial charge < -0.3 is 4.90 Å². The summed E-state index contributed by atoms with van der Waals surface area (Å²) >= 11 is 7.91. The highest BCUT2D eigenvalue weighted by Gasteiger charge is 2.33. The Bertz CT molecular complexity index is 617. The fraction of sp³-hybridized carbons (Fsp3) is 0.188. The Kier molecular flexibility index (Phi) is 3.99. The van der Waals surface area contributed by atoms with Crippen LogP contribution in [-0.4, -0.2) is 16.6 Å². The van der Waals surface area contributed by atoms with Crippen LogP contribution in [0.15, 0.2) is 54.6 Å². The van der Waals surface area contributed by atoms with Crippen molar-refractivity contribution >= 4 is 29.3 Å². The summed E-state index contributed by atoms with van der Waals surface area (Å²) in [6.07, 6.45) is 0. The predicted molar refractivity (Wildman–Crippen MR) is 83.6 cm³/mol. The van der Waals surface area contributed by atoms with Crippen molar-refractivity contribution in [2.45, 2.75) is 11.9 Å². The summed E-state index contributed by atoms with van der Waals surface area (Å²) in [6.45, 7) is 0.628. The van der Waals surface area contributed by atoms with Gasteiger partial charge in [-0.15, -0.1) is 11.8 Å². The molecule has 1 aliphatic rings. The molecule has 102 valence electrons. The Hall–Kier alpha value is -1.45. The van der Waals surface area contributed by atoms with Gasteiger partial charge in [-0.2, -0.15) is 0 Å². The van der Waals surface area contributed by atoms with Crippen molar-refractivity contribution in [3.05, 3.63) is 70.7 Å². The van der Waals surface area contributed by atoms with Crippen molar-refractivity contribution in [1.29, 1.82) is 0 Å². The monoisotopic (exact) mass is 303 g/mol. The zero-order valence-electron chi connectivity index (χ0n) is 10.8. The molecule has 4 heteroatoms. The van der Waals surface area contributed by atoms with Gasteiger partial charge >= 0.3 is 0 Å². The van der Waals surface area contributed by atoms with Gasteiger partial charge in [-0.1, -0.05) is 60.1 Å². The summed E-state index contributed by atoms with van der Waals surface area (Å²) in [5, 5.41) is 0.731. The first kappa shape index (κ1) is 13.5. The molecule has 1 saturated heterocycles. The Labute approximate surface area is 127 Å². The maximum atomic E-state index is 12.1. The third-order valence-electron chi connectivity index (χ3n) is 3.34. The van der Waals surface area contributed by atoms with E-state index in [4.69, 9.17) is 11.6 Å². The fourth-order valence-corrected chi connectivity index (χ4v) is 3.87. The van der Waals surface area contributed by atoms with E-state index in [0.717, 1.165) is 16.1 Å². The van der Waals surface area contributed by atoms with E-state index in [9.17, 15) is 4.79 Å². The molecule has 0 aromatic heterocycles. The molecular formula is C16H14ClNOS. The van der Waals surface area contributed by atoms with E-state index in [-0.39, 0.29) is 11.3 Å². The normalized spacial score (nSPS) is 18.6. The van der Waals surface area contributed by atoms with E-state index in [1.54, 1.807) is 11.8 Å². The second kappa shape index (κ2) is 5.90. The molecule has 1 heterocycles. The largest absolute Gasteiger partial charge is 0.321 e. The minimum absolute atomic E-state index is 0.0106. The van der Waals surface area contributed by atoms with Gasteiger partial charge in [-0.3, -0.25) is 4.79 Å². The van der Waals surface area contributed by atoms with Gasteiger partial charge in [0.1, 0.15) is 5.37 Å². The summed E-state index contributed by atoms with van der Waals surface area (Å²) < 4.78 is 0. The Morgan fingerprint density at radius 3 is 2.55 bits per heavy atom. The zero-order valence-corrected chi connectivity index (χ0v) is 12.4. The summed E-state index contributed by atoms with van der Waals surface area (Å²) in [5.41, 5.74) is 2.15. The van der Waals surface area contributed by atoms with Crippen molar-refractivity contribution < 1.29 is 4.79 Å². The first-order valence-electron chi connectivity index (χ1n) is 6.45. The molecule has 0 bridgehead atoms. The van der Waals surface area contributed by atoms with Crippen LogP contribution in [0.5, 0.6) is 0 Å². The van der Waals surface area contributed by atoms with Crippen molar-refractivity contribution in [3.63, 3.8) is 0 Å². The summed E-state index contributed by atoms with van der Waals surface area (Å²) in [5.74, 6) is 0.687. The Balaban J connectivity index is 1.88. The number of carbonyl (C=O) groups excluding carboxylic acids is 1. The molecule has 1 fully saturated rings. The molecule has 1 amide bonds. The third kappa shape index (κ3) is 2.69. The molecule has 20 heavy (non-hydrogen) atoms. The molecule has 0 aliphatic carbocycles. The number of thioether (sulfide) groups is 1. The van der Waals surface area contributed by atoms with Gasteiger partial charge in [0.2, 0.25) is 5.91 Å². The first-order chi connectivity index (χ1) is 9.75. The quantitative estimate of drug-likeness (QED) is 0.850. The first-order valence-corrected chi connectivity index (χ1v) is 7.88. The van der Waals surface area contributed by atoms with Gasteiger partial charge in [0.05, 0.1) is 5.75 Å². The fourth-order valence-electron chi connectivity index (χ4n) is 2.34. The number of amides is 1. The molecular weight excluding hydrogens is 290 g/mol. The number of rotatable bonds is 3. The van der Waals surface area contributed by atoms with Crippen LogP contribution in [0, 0.1) is 0 Å². The Morgan fingerprint density at radius 2 is 1.80 bits per heavy atom. The highest BCUT2D eigenvalue weighted by molar-refractivity contribution is 8.00. The van der Waals surface area contributed by atoms with E-state index in [1.165, 1.54) is 0 Å². The summed E-state index contributed by atoms with van der Waals surface area (Å²) in [4.78, 5) is 14.0. The highest BCUT2D eigenvalue weighted by atomic mass is 35.5. The van der Waals surface area contributed by atoms with Crippen molar-refractivity contribution in [1.82, 2.24) is 4.90 Å². The number of halogens is 1. The minimum Gasteiger partial charge on any atom is -0.321 e. The Morgan fingerprint density at radius 1 is 1.10 bits per heavy atom. The van der Waals surface area contributed by atoms with Crippen LogP contribution in [-0.2, 0) is 11.3 Å². The van der Waals surface area contributed by atoms with Crippen molar-refractivity contribution in [2.75, 3.05) is 5.75 Å². The second-order valence-electron chi connectivity index (χ2n) is 4.69. The van der Waals surface area contributed by atoms with Crippen molar-refractivity contribution in [2.24, 2.45) is 0 Å². The van der Waals surface area contributed by atoms with E-state index < -0.39 is 0 Å². The lowest BCUT2D eigenvalue weighted by Gasteiger charge is -2.25. The number of hydrogen-bond acceptors (Lipinski definition) is 2. The molecule has 2 nitrogen and oxygen atoms in total. The van der Waals surface area contributed by atoms with Crippen molar-refractivity contribution in [3.8, 4) is 0 Å². The summed E-state index contributed by atoms with van der Waals surface area (Å²) in [6, 6.07) is 17.8. The van der Waals surface area contributed by atoms with Crippen LogP contribution in [0.3, 0.4) is 0 Å². The maximum Gasteiger partial charge on any atom is 0.234 e. The minimum atomic E-state index is 0.0106. The molecule has 0 saturated carbocycles. The van der Waals surface area contributed by atoms with Gasteiger partial charge in [0.15, 0.2) is 0 Å². The molecule has 0 N–H and O–H groups in total. The standard InChI is InChI=1S/C16H14ClNOS/c17-14-9-5-4-8-13(14)16-18(15(19)11-20-16)10-12-6-2-1-3-7-12/h1-9,16H,10-11H2. The lowest BCUT2D eigenvalue weighted by atomic mass is 10.1. The van der Waals surface area contributed by atoms with Crippen LogP contribution >= 0.6 is 23.4 Å². The van der Waals surface area contributed by atoms with Crippen LogP contribution in [0.25, 0.3) is 0 Å². The highest BCUT2D eigenvalue weighted by Crippen LogP contribution is 2.42. The van der Waals surface area contributed by atoms with Gasteiger partial charge in [0.25, 0.3) is 0 Å². The molecule has 2 aromatic carbocycles. The predicted octanol–water partition coefficient (Wildman–Crippen LogP) is 4.11. The van der Waals surface area contributed by atoms with Crippen LogP contribution in [0.2, 0.25) is 5.02 Å². The average Bonchev–Trinajstić information content (AvgIpc) is 2.82. The number of nitrogens with zero attached hydrogens (tertiary/aromatic N) is 1. The van der Waals surface area contributed by atoms with E-state index in [0.29, 0.717) is 12.3 Å². The van der Waals surface area contributed by atoms with Gasteiger partial charge in [-0.05, 0) is 11.6 Å². The van der Waals surface area contributed by atoms with Crippen LogP contribution < -0.4 is 0 Å². The maximum absolute atomic E-state index is 12.1. The molecule has 0 spiro atoms. The molecule has 1 atom stereocenters. The van der Waals surface area contributed by atoms with E-state index >= 15 is 0 Å². The molecule has 2 aromatic rings. The number of carbonyl (C=O) groups is 1. The SMILES string of the molecule is O=C1CSC(c2ccccc2Cl)N1Cc1ccccc1. The van der Waals surface area contributed by atoms with E-state index in [1.807, 2.05) is 59.5 Å². The lowest BCUT2D eigenvalue weighted by Crippen LogP contribution is -2.27. The molecule has 0 radical (unpaired) electrons. The molecule has 1 aliphatic heterocycles. The third-order valence-corrected chi connectivity index (χ3v) is 4.92. The van der Waals surface area contributed by atoms with Crippen LogP contribution in [0.1, 0.15) is 16.5 Å². The second-order valence-corrected chi connectivity index (χ2v) is 6.17. The lowest BCUT2D eigenvalue weighted by molar-refractivity contribution is -0.128. The zero-order chi connectivity index (χ0) is 13.9. The van der Waals surface area contributed by atoms with Gasteiger partial charge in [-0.25, -0.2) is 0 Å². The van der Waals surface area contributed by atoms with E-state index in [2.05, 4.69) is 0 Å². The topological polar surface area (TPSA) is 20.3 Å². The average molecular weight is 304 g/mol. The summed E-state index contributed by atoms with van der Waals surface area (Å²) in [7, 11) is 0.